The molecule has 0 aliphatic heterocycles. The number of benzene rings is 1. The summed E-state index contributed by atoms with van der Waals surface area (Å²) in [6.07, 6.45) is 4.52. The van der Waals surface area contributed by atoms with Crippen molar-refractivity contribution in [2.24, 2.45) is 0 Å². The van der Waals surface area contributed by atoms with E-state index in [-0.39, 0.29) is 17.0 Å². The first kappa shape index (κ1) is 19.0. The third-order valence-corrected chi connectivity index (χ3v) is 6.46. The van der Waals surface area contributed by atoms with Crippen LogP contribution in [0.15, 0.2) is 34.8 Å². The quantitative estimate of drug-likeness (QED) is 0.605. The Morgan fingerprint density at radius 3 is 2.82 bits per heavy atom. The third kappa shape index (κ3) is 4.22. The van der Waals surface area contributed by atoms with Gasteiger partial charge in [-0.3, -0.25) is 4.79 Å². The van der Waals surface area contributed by atoms with Crippen LogP contribution in [0.25, 0.3) is 11.3 Å². The lowest BCUT2D eigenvalue weighted by atomic mass is 10.2. The Bertz CT molecular complexity index is 951. The lowest BCUT2D eigenvalue weighted by Gasteiger charge is -2.13. The monoisotopic (exact) mass is 418 g/mol. The largest absolute Gasteiger partial charge is 0.301 e. The number of hydrogen-bond acceptors (Lipinski definition) is 7. The average Bonchev–Trinajstić information content (AvgIpc) is 3.43. The second kappa shape index (κ2) is 8.36. The van der Waals surface area contributed by atoms with Crippen LogP contribution in [-0.2, 0) is 4.79 Å². The first-order valence-corrected chi connectivity index (χ1v) is 10.8. The molecule has 3 aromatic rings. The average molecular weight is 419 g/mol. The molecule has 2 aromatic heterocycles. The molecule has 146 valence electrons. The molecule has 1 aromatic carbocycles. The van der Waals surface area contributed by atoms with Crippen LogP contribution in [-0.4, -0.2) is 36.3 Å². The summed E-state index contributed by atoms with van der Waals surface area (Å²) in [4.78, 5) is 17.0. The number of carbonyl (C=O) groups is 1. The van der Waals surface area contributed by atoms with Crippen molar-refractivity contribution in [3.63, 3.8) is 0 Å². The summed E-state index contributed by atoms with van der Waals surface area (Å²) in [7, 11) is 0. The summed E-state index contributed by atoms with van der Waals surface area (Å²) >= 11 is 2.68. The van der Waals surface area contributed by atoms with Crippen molar-refractivity contribution in [1.29, 1.82) is 0 Å². The summed E-state index contributed by atoms with van der Waals surface area (Å²) < 4.78 is 14.9. The summed E-state index contributed by atoms with van der Waals surface area (Å²) in [5, 5.41) is 17.4. The molecule has 0 spiro atoms. The Labute approximate surface area is 169 Å². The number of aromatic nitrogens is 5. The molecule has 2 heterocycles. The number of halogens is 1. The van der Waals surface area contributed by atoms with Crippen LogP contribution < -0.4 is 5.32 Å². The topological polar surface area (TPSA) is 85.6 Å². The Kier molecular flexibility index (Phi) is 5.67. The minimum absolute atomic E-state index is 0.161. The fourth-order valence-electron chi connectivity index (χ4n) is 3.14. The predicted octanol–water partition coefficient (Wildman–Crippen LogP) is 4.17. The van der Waals surface area contributed by atoms with Crippen molar-refractivity contribution in [2.45, 2.75) is 49.1 Å². The normalized spacial score (nSPS) is 15.6. The molecule has 0 bridgehead atoms. The Balaban J connectivity index is 1.39. The molecular weight excluding hydrogens is 399 g/mol. The highest BCUT2D eigenvalue weighted by Crippen LogP contribution is 2.33. The Morgan fingerprint density at radius 1 is 1.32 bits per heavy atom. The molecule has 1 fully saturated rings. The number of nitrogens with one attached hydrogen (secondary N) is 1. The van der Waals surface area contributed by atoms with E-state index < -0.39 is 0 Å². The van der Waals surface area contributed by atoms with E-state index in [1.54, 1.807) is 12.1 Å². The number of rotatable bonds is 6. The van der Waals surface area contributed by atoms with Crippen LogP contribution in [0.5, 0.6) is 0 Å². The highest BCUT2D eigenvalue weighted by Gasteiger charge is 2.25. The lowest BCUT2D eigenvalue weighted by molar-refractivity contribution is -0.115. The van der Waals surface area contributed by atoms with Gasteiger partial charge >= 0.3 is 0 Å². The van der Waals surface area contributed by atoms with E-state index in [2.05, 4.69) is 25.8 Å². The number of thioether (sulfide) groups is 1. The Morgan fingerprint density at radius 2 is 2.07 bits per heavy atom. The number of nitrogens with zero attached hydrogens (tertiary/aromatic N) is 5. The van der Waals surface area contributed by atoms with Gasteiger partial charge in [0.15, 0.2) is 5.13 Å². The molecule has 1 unspecified atom stereocenters. The Hall–Kier alpha value is -2.33. The van der Waals surface area contributed by atoms with Crippen LogP contribution in [0.4, 0.5) is 9.52 Å². The number of tetrazole rings is 1. The fourth-order valence-corrected chi connectivity index (χ4v) is 4.73. The van der Waals surface area contributed by atoms with Gasteiger partial charge in [0, 0.05) is 10.9 Å². The van der Waals surface area contributed by atoms with Crippen LogP contribution in [0, 0.1) is 5.82 Å². The van der Waals surface area contributed by atoms with Gasteiger partial charge in [0.05, 0.1) is 17.0 Å². The SMILES string of the molecule is CC(Sc1nnnn1C1CCCC1)C(=O)Nc1nc(-c2ccc(F)cc2)cs1. The van der Waals surface area contributed by atoms with Gasteiger partial charge < -0.3 is 5.32 Å². The number of hydrogen-bond donors (Lipinski definition) is 1. The van der Waals surface area contributed by atoms with Crippen molar-refractivity contribution >= 4 is 34.1 Å². The minimum Gasteiger partial charge on any atom is -0.301 e. The molecule has 0 saturated heterocycles. The van der Waals surface area contributed by atoms with Crippen LogP contribution >= 0.6 is 23.1 Å². The molecule has 1 N–H and O–H groups in total. The molecule has 4 rings (SSSR count). The minimum atomic E-state index is -0.371. The van der Waals surface area contributed by atoms with Gasteiger partial charge in [-0.15, -0.1) is 16.4 Å². The van der Waals surface area contributed by atoms with Gasteiger partial charge in [-0.05, 0) is 54.5 Å². The van der Waals surface area contributed by atoms with Gasteiger partial charge in [-0.1, -0.05) is 24.6 Å². The molecule has 28 heavy (non-hydrogen) atoms. The van der Waals surface area contributed by atoms with Crippen molar-refractivity contribution in [1.82, 2.24) is 25.2 Å². The van der Waals surface area contributed by atoms with Crippen LogP contribution in [0.2, 0.25) is 0 Å². The van der Waals surface area contributed by atoms with E-state index in [0.717, 1.165) is 18.4 Å². The third-order valence-electron chi connectivity index (χ3n) is 4.66. The predicted molar refractivity (Wildman–Crippen MR) is 107 cm³/mol. The zero-order valence-electron chi connectivity index (χ0n) is 15.2. The molecule has 7 nitrogen and oxygen atoms in total. The lowest BCUT2D eigenvalue weighted by Crippen LogP contribution is -2.23. The van der Waals surface area contributed by atoms with Crippen molar-refractivity contribution in [3.05, 3.63) is 35.5 Å². The van der Waals surface area contributed by atoms with Gasteiger partial charge in [0.2, 0.25) is 11.1 Å². The smallest absolute Gasteiger partial charge is 0.239 e. The molecule has 1 aliphatic carbocycles. The van der Waals surface area contributed by atoms with Crippen LogP contribution in [0.1, 0.15) is 38.6 Å². The van der Waals surface area contributed by atoms with Gasteiger partial charge in [0.1, 0.15) is 5.82 Å². The van der Waals surface area contributed by atoms with E-state index >= 15 is 0 Å². The summed E-state index contributed by atoms with van der Waals surface area (Å²) in [5.41, 5.74) is 1.50. The second-order valence-corrected chi connectivity index (χ2v) is 8.80. The molecular formula is C18H19FN6OS2. The first-order valence-electron chi connectivity index (χ1n) is 9.07. The first-order chi connectivity index (χ1) is 13.6. The fraction of sp³-hybridized carbons (Fsp3) is 0.389. The van der Waals surface area contributed by atoms with Gasteiger partial charge in [-0.25, -0.2) is 14.1 Å². The van der Waals surface area contributed by atoms with E-state index in [0.29, 0.717) is 22.0 Å². The maximum absolute atomic E-state index is 13.1. The zero-order valence-corrected chi connectivity index (χ0v) is 16.8. The highest BCUT2D eigenvalue weighted by atomic mass is 32.2. The standard InChI is InChI=1S/C18H19FN6OS2/c1-11(28-18-22-23-24-25(18)14-4-2-3-5-14)16(26)21-17-20-15(10-27-17)12-6-8-13(19)9-7-12/h6-11,14H,2-5H2,1H3,(H,20,21,26). The van der Waals surface area contributed by atoms with Gasteiger partial charge in [-0.2, -0.15) is 0 Å². The summed E-state index contributed by atoms with van der Waals surface area (Å²) in [5.74, 6) is -0.454. The highest BCUT2D eigenvalue weighted by molar-refractivity contribution is 8.00. The number of amides is 1. The second-order valence-electron chi connectivity index (χ2n) is 6.64. The zero-order chi connectivity index (χ0) is 19.5. The molecule has 10 heteroatoms. The molecule has 0 radical (unpaired) electrons. The van der Waals surface area contributed by atoms with Crippen molar-refractivity contribution in [2.75, 3.05) is 5.32 Å². The van der Waals surface area contributed by atoms with Crippen LogP contribution in [0.3, 0.4) is 0 Å². The van der Waals surface area contributed by atoms with E-state index in [9.17, 15) is 9.18 Å². The molecule has 1 saturated carbocycles. The maximum atomic E-state index is 13.1. The van der Waals surface area contributed by atoms with E-state index in [4.69, 9.17) is 0 Å². The van der Waals surface area contributed by atoms with Gasteiger partial charge in [0.25, 0.3) is 0 Å². The number of thiazole rings is 1. The van der Waals surface area contributed by atoms with E-state index in [1.165, 1.54) is 48.1 Å². The number of carbonyl (C=O) groups excluding carboxylic acids is 1. The maximum Gasteiger partial charge on any atom is 0.239 e. The van der Waals surface area contributed by atoms with Crippen molar-refractivity contribution in [3.8, 4) is 11.3 Å². The summed E-state index contributed by atoms with van der Waals surface area (Å²) in [6, 6.07) is 6.43. The number of anilines is 1. The molecule has 1 aliphatic rings. The summed E-state index contributed by atoms with van der Waals surface area (Å²) in [6.45, 7) is 1.82. The molecule has 1 atom stereocenters. The van der Waals surface area contributed by atoms with E-state index in [1.807, 2.05) is 17.0 Å². The molecule has 1 amide bonds. The van der Waals surface area contributed by atoms with Crippen molar-refractivity contribution < 1.29 is 9.18 Å².